The second-order valence-electron chi connectivity index (χ2n) is 24.3. The van der Waals surface area contributed by atoms with E-state index in [0.717, 1.165) is 82.8 Å². The first-order chi connectivity index (χ1) is 34.1. The summed E-state index contributed by atoms with van der Waals surface area (Å²) in [6.45, 7) is 34.5. The van der Waals surface area contributed by atoms with Crippen molar-refractivity contribution in [1.82, 2.24) is 0 Å². The van der Waals surface area contributed by atoms with Crippen LogP contribution in [0.5, 0.6) is 11.5 Å². The third kappa shape index (κ3) is 19.9. The number of rotatable bonds is 16. The molecule has 9 nitrogen and oxygen atoms in total. The van der Waals surface area contributed by atoms with Crippen LogP contribution in [0.4, 0.5) is 0 Å². The first-order valence-electron chi connectivity index (χ1n) is 28.0. The lowest BCUT2D eigenvalue weighted by atomic mass is 9.88. The van der Waals surface area contributed by atoms with Gasteiger partial charge >= 0.3 is 23.9 Å². The molecule has 2 unspecified atom stereocenters. The zero-order valence-corrected chi connectivity index (χ0v) is 48.6. The summed E-state index contributed by atoms with van der Waals surface area (Å²) in [6, 6.07) is 23.2. The van der Waals surface area contributed by atoms with Crippen LogP contribution in [0.25, 0.3) is 0 Å². The van der Waals surface area contributed by atoms with E-state index < -0.39 is 5.41 Å². The number of carbonyl (C=O) groups excluding carboxylic acids is 4. The van der Waals surface area contributed by atoms with Gasteiger partial charge in [0.15, 0.2) is 0 Å². The van der Waals surface area contributed by atoms with E-state index in [9.17, 15) is 19.2 Å². The van der Waals surface area contributed by atoms with Crippen molar-refractivity contribution in [3.8, 4) is 11.5 Å². The van der Waals surface area contributed by atoms with E-state index in [2.05, 4.69) is 60.6 Å². The Hall–Kier alpha value is -4.66. The van der Waals surface area contributed by atoms with Crippen LogP contribution in [-0.2, 0) is 23.8 Å². The third-order valence-corrected chi connectivity index (χ3v) is 15.8. The zero-order chi connectivity index (χ0) is 54.8. The molecular weight excluding hydrogens is 913 g/mol. The lowest BCUT2D eigenvalue weighted by Crippen LogP contribution is -2.37. The average Bonchev–Trinajstić information content (AvgIpc) is 4.13. The van der Waals surface area contributed by atoms with Gasteiger partial charge in [-0.2, -0.15) is 0 Å². The molecule has 9 heteroatoms. The van der Waals surface area contributed by atoms with Crippen LogP contribution in [0.1, 0.15) is 264 Å². The van der Waals surface area contributed by atoms with Gasteiger partial charge in [0.25, 0.3) is 0 Å². The Kier molecular flexibility index (Phi) is 23.8. The van der Waals surface area contributed by atoms with Crippen molar-refractivity contribution in [1.29, 1.82) is 0 Å². The average molecular weight is 1010 g/mol. The molecule has 3 aromatic rings. The minimum atomic E-state index is -0.452. The smallest absolute Gasteiger partial charge is 0.338 e. The lowest BCUT2D eigenvalue weighted by Gasteiger charge is -2.33. The highest BCUT2D eigenvalue weighted by molar-refractivity contribution is 5.90. The molecule has 0 N–H and O–H groups in total. The van der Waals surface area contributed by atoms with Gasteiger partial charge in [0.05, 0.1) is 22.0 Å². The van der Waals surface area contributed by atoms with Gasteiger partial charge in [-0.1, -0.05) is 79.7 Å². The summed E-state index contributed by atoms with van der Waals surface area (Å²) in [5.41, 5.74) is 2.21. The Balaban J connectivity index is 0.000000262. The van der Waals surface area contributed by atoms with Crippen molar-refractivity contribution >= 4 is 23.9 Å². The minimum Gasteiger partial charge on any atom is -0.488 e. The molecule has 73 heavy (non-hydrogen) atoms. The van der Waals surface area contributed by atoms with E-state index in [-0.39, 0.29) is 51.7 Å². The van der Waals surface area contributed by atoms with Crippen molar-refractivity contribution in [2.24, 2.45) is 16.7 Å². The Morgan fingerprint density at radius 2 is 0.863 bits per heavy atom. The van der Waals surface area contributed by atoms with Crippen LogP contribution >= 0.6 is 0 Å². The predicted octanol–water partition coefficient (Wildman–Crippen LogP) is 17.5. The van der Waals surface area contributed by atoms with Crippen LogP contribution in [0, 0.1) is 16.7 Å². The molecule has 0 spiro atoms. The lowest BCUT2D eigenvalue weighted by molar-refractivity contribution is -0.165. The zero-order valence-electron chi connectivity index (χ0n) is 48.6. The SMILES string of the molecule is CCC(C)(C)C(=O)OC(C)(C)C.CCC(C)(C)C(=O)Oc1ccc(OC2(C)CCCC2)cc1.CCC(C)c1ccc(C(=O)OC2(C(C)C)CCCC2)cc1.CCC(C)c1ccc(C(=O)OC2(C)CCCC2)cc1. The van der Waals surface area contributed by atoms with Gasteiger partial charge in [0.1, 0.15) is 33.9 Å². The highest BCUT2D eigenvalue weighted by atomic mass is 16.6. The summed E-state index contributed by atoms with van der Waals surface area (Å²) in [7, 11) is 0. The van der Waals surface area contributed by atoms with Gasteiger partial charge in [-0.3, -0.25) is 9.59 Å². The third-order valence-electron chi connectivity index (χ3n) is 15.8. The molecule has 3 saturated carbocycles. The van der Waals surface area contributed by atoms with Crippen molar-refractivity contribution in [3.05, 3.63) is 95.1 Å². The fourth-order valence-electron chi connectivity index (χ4n) is 8.92. The molecule has 0 saturated heterocycles. The summed E-state index contributed by atoms with van der Waals surface area (Å²) in [5.74, 6) is 2.22. The van der Waals surface area contributed by atoms with Gasteiger partial charge in [-0.25, -0.2) is 9.59 Å². The standard InChI is InChI=1S/C19H28O2.C18H26O3.C17H24O2.C10H20O2/c1-5-15(4)16-8-10-17(11-9-16)18(20)21-19(14(2)3)12-6-7-13-19;1-5-17(2,3)16(19)20-14-8-10-15(11-9-14)21-18(4)12-6-7-13-18;1-4-13(2)14-7-9-15(10-8-14)16(18)19-17(3)11-5-6-12-17;1-7-10(5,6)8(11)12-9(2,3)4/h8-11,14-15H,5-7,12-13H2,1-4H3;8-11H,5-7,12-13H2,1-4H3;7-10,13H,4-6,11-12H2,1-3H3;7H2,1-6H3. The molecule has 3 aromatic carbocycles. The monoisotopic (exact) mass is 1010 g/mol. The highest BCUT2D eigenvalue weighted by Crippen LogP contribution is 2.40. The number of esters is 4. The molecule has 0 heterocycles. The summed E-state index contributed by atoms with van der Waals surface area (Å²) in [6.07, 6.45) is 17.1. The molecule has 0 aromatic heterocycles. The van der Waals surface area contributed by atoms with Gasteiger partial charge in [0.2, 0.25) is 0 Å². The maximum Gasteiger partial charge on any atom is 0.338 e. The predicted molar refractivity (Wildman–Crippen MR) is 298 cm³/mol. The van der Waals surface area contributed by atoms with Crippen LogP contribution in [0.15, 0.2) is 72.8 Å². The number of hydrogen-bond donors (Lipinski definition) is 0. The Morgan fingerprint density at radius 3 is 1.25 bits per heavy atom. The largest absolute Gasteiger partial charge is 0.488 e. The second-order valence-corrected chi connectivity index (χ2v) is 24.3. The number of ether oxygens (including phenoxy) is 5. The Bertz CT molecular complexity index is 2140. The molecule has 3 aliphatic carbocycles. The molecule has 3 aliphatic rings. The van der Waals surface area contributed by atoms with Crippen molar-refractivity contribution in [2.75, 3.05) is 0 Å². The molecule has 2 atom stereocenters. The van der Waals surface area contributed by atoms with E-state index >= 15 is 0 Å². The molecule has 3 fully saturated rings. The number of hydrogen-bond acceptors (Lipinski definition) is 9. The molecule has 0 bridgehead atoms. The van der Waals surface area contributed by atoms with Gasteiger partial charge in [-0.05, 0) is 242 Å². The van der Waals surface area contributed by atoms with Crippen molar-refractivity contribution < 1.29 is 42.9 Å². The van der Waals surface area contributed by atoms with Crippen molar-refractivity contribution in [3.63, 3.8) is 0 Å². The second kappa shape index (κ2) is 27.8. The fourth-order valence-corrected chi connectivity index (χ4v) is 8.92. The summed E-state index contributed by atoms with van der Waals surface area (Å²) in [4.78, 5) is 48.1. The van der Waals surface area contributed by atoms with Crippen LogP contribution in [0.2, 0.25) is 0 Å². The maximum absolute atomic E-state index is 12.4. The van der Waals surface area contributed by atoms with Crippen LogP contribution in [-0.4, -0.2) is 46.3 Å². The van der Waals surface area contributed by atoms with E-state index in [0.29, 0.717) is 34.6 Å². The molecule has 0 aliphatic heterocycles. The van der Waals surface area contributed by atoms with E-state index in [1.54, 1.807) is 12.1 Å². The minimum absolute atomic E-state index is 0.0393. The van der Waals surface area contributed by atoms with Crippen LogP contribution in [0.3, 0.4) is 0 Å². The van der Waals surface area contributed by atoms with E-state index in [1.165, 1.54) is 36.8 Å². The van der Waals surface area contributed by atoms with E-state index in [1.807, 2.05) is 118 Å². The molecule has 0 radical (unpaired) electrons. The summed E-state index contributed by atoms with van der Waals surface area (Å²) >= 11 is 0. The quantitative estimate of drug-likeness (QED) is 0.0786. The van der Waals surface area contributed by atoms with Gasteiger partial charge in [-0.15, -0.1) is 0 Å². The first kappa shape index (κ1) is 62.6. The summed E-state index contributed by atoms with van der Waals surface area (Å²) < 4.78 is 28.4. The number of carbonyl (C=O) groups is 4. The fraction of sp³-hybridized carbons (Fsp3) is 0.656. The molecular formula is C64H98O9. The Morgan fingerprint density at radius 1 is 0.493 bits per heavy atom. The van der Waals surface area contributed by atoms with Crippen molar-refractivity contribution in [2.45, 2.75) is 255 Å². The van der Waals surface area contributed by atoms with Gasteiger partial charge in [0, 0.05) is 0 Å². The number of benzene rings is 3. The molecule has 6 rings (SSSR count). The normalized spacial score (nSPS) is 17.5. The summed E-state index contributed by atoms with van der Waals surface area (Å²) in [5, 5.41) is 0. The van der Waals surface area contributed by atoms with Gasteiger partial charge < -0.3 is 23.7 Å². The Labute approximate surface area is 443 Å². The van der Waals surface area contributed by atoms with Crippen LogP contribution < -0.4 is 9.47 Å². The van der Waals surface area contributed by atoms with E-state index in [4.69, 9.17) is 23.7 Å². The molecule has 0 amide bonds. The first-order valence-corrected chi connectivity index (χ1v) is 28.0. The maximum atomic E-state index is 12.4. The highest BCUT2D eigenvalue weighted by Gasteiger charge is 2.41. The topological polar surface area (TPSA) is 114 Å². The molecule has 408 valence electrons.